The van der Waals surface area contributed by atoms with Crippen molar-refractivity contribution in [3.05, 3.63) is 17.5 Å². The Morgan fingerprint density at radius 3 is 3.00 bits per heavy atom. The van der Waals surface area contributed by atoms with Crippen LogP contribution in [0.15, 0.2) is 12.5 Å². The van der Waals surface area contributed by atoms with Gasteiger partial charge in [0.05, 0.1) is 11.6 Å². The van der Waals surface area contributed by atoms with E-state index in [0.717, 1.165) is 25.3 Å². The number of halogens is 2. The molecule has 0 bridgehead atoms. The number of alkyl halides is 1. The third-order valence-electron chi connectivity index (χ3n) is 2.81. The van der Waals surface area contributed by atoms with Crippen LogP contribution in [0.25, 0.3) is 0 Å². The van der Waals surface area contributed by atoms with E-state index in [2.05, 4.69) is 21.8 Å². The molecule has 82 valence electrons. The topological polar surface area (TPSA) is 29.0 Å². The van der Waals surface area contributed by atoms with E-state index >= 15 is 0 Å². The number of hydrogen-bond acceptors (Lipinski definition) is 3. The standard InChI is InChI=1S/C10H13Cl2N3/c1-7-2-3-15(5-9(7)12)10-8(11)4-13-6-14-10/h4,6-7,9H,2-3,5H2,1H3. The van der Waals surface area contributed by atoms with Crippen LogP contribution in [-0.4, -0.2) is 28.4 Å². The van der Waals surface area contributed by atoms with Crippen molar-refractivity contribution in [1.82, 2.24) is 9.97 Å². The molecule has 2 rings (SSSR count). The van der Waals surface area contributed by atoms with Crippen molar-refractivity contribution < 1.29 is 0 Å². The van der Waals surface area contributed by atoms with Crippen molar-refractivity contribution >= 4 is 29.0 Å². The fourth-order valence-corrected chi connectivity index (χ4v) is 2.27. The highest BCUT2D eigenvalue weighted by Crippen LogP contribution is 2.28. The summed E-state index contributed by atoms with van der Waals surface area (Å²) in [5.41, 5.74) is 0. The van der Waals surface area contributed by atoms with E-state index in [1.807, 2.05) is 0 Å². The Kier molecular flexibility index (Phi) is 3.32. The van der Waals surface area contributed by atoms with Crippen molar-refractivity contribution in [2.75, 3.05) is 18.0 Å². The van der Waals surface area contributed by atoms with Gasteiger partial charge in [0, 0.05) is 13.1 Å². The molecule has 0 aromatic carbocycles. The molecule has 0 amide bonds. The summed E-state index contributed by atoms with van der Waals surface area (Å²) < 4.78 is 0. The van der Waals surface area contributed by atoms with Crippen LogP contribution in [0, 0.1) is 5.92 Å². The van der Waals surface area contributed by atoms with Gasteiger partial charge in [-0.2, -0.15) is 0 Å². The zero-order chi connectivity index (χ0) is 10.8. The lowest BCUT2D eigenvalue weighted by molar-refractivity contribution is 0.444. The molecule has 1 aromatic rings. The molecule has 1 aromatic heterocycles. The third-order valence-corrected chi connectivity index (χ3v) is 3.65. The first kappa shape index (κ1) is 11.0. The van der Waals surface area contributed by atoms with Crippen LogP contribution in [0.4, 0.5) is 5.82 Å². The molecule has 2 heterocycles. The molecule has 0 saturated carbocycles. The highest BCUT2D eigenvalue weighted by atomic mass is 35.5. The lowest BCUT2D eigenvalue weighted by atomic mass is 9.99. The van der Waals surface area contributed by atoms with Gasteiger partial charge in [-0.3, -0.25) is 0 Å². The summed E-state index contributed by atoms with van der Waals surface area (Å²) in [6.45, 7) is 3.94. The predicted molar refractivity (Wildman–Crippen MR) is 62.7 cm³/mol. The molecule has 15 heavy (non-hydrogen) atoms. The van der Waals surface area contributed by atoms with Gasteiger partial charge in [-0.1, -0.05) is 18.5 Å². The molecule has 0 aliphatic carbocycles. The van der Waals surface area contributed by atoms with E-state index in [1.54, 1.807) is 6.20 Å². The lowest BCUT2D eigenvalue weighted by Crippen LogP contribution is -2.40. The monoisotopic (exact) mass is 245 g/mol. The fourth-order valence-electron chi connectivity index (χ4n) is 1.75. The number of piperidine rings is 1. The van der Waals surface area contributed by atoms with E-state index in [9.17, 15) is 0 Å². The van der Waals surface area contributed by atoms with Crippen molar-refractivity contribution in [3.8, 4) is 0 Å². The van der Waals surface area contributed by atoms with Gasteiger partial charge in [0.25, 0.3) is 0 Å². The Bertz CT molecular complexity index is 345. The summed E-state index contributed by atoms with van der Waals surface area (Å²) in [6.07, 6.45) is 4.21. The number of anilines is 1. The molecule has 1 aliphatic rings. The Balaban J connectivity index is 2.15. The first-order valence-electron chi connectivity index (χ1n) is 5.03. The van der Waals surface area contributed by atoms with Crippen LogP contribution in [-0.2, 0) is 0 Å². The Morgan fingerprint density at radius 2 is 2.33 bits per heavy atom. The highest BCUT2D eigenvalue weighted by Gasteiger charge is 2.26. The minimum atomic E-state index is 0.171. The molecule has 2 atom stereocenters. The quantitative estimate of drug-likeness (QED) is 0.713. The second-order valence-corrected chi connectivity index (χ2v) is 4.89. The summed E-state index contributed by atoms with van der Waals surface area (Å²) >= 11 is 12.3. The third kappa shape index (κ3) is 2.34. The molecule has 0 spiro atoms. The average Bonchev–Trinajstić information content (AvgIpc) is 2.23. The summed E-state index contributed by atoms with van der Waals surface area (Å²) in [6, 6.07) is 0. The number of rotatable bonds is 1. The van der Waals surface area contributed by atoms with Crippen molar-refractivity contribution in [2.24, 2.45) is 5.92 Å². The van der Waals surface area contributed by atoms with Crippen LogP contribution in [0.5, 0.6) is 0 Å². The normalized spacial score (nSPS) is 26.7. The van der Waals surface area contributed by atoms with E-state index in [4.69, 9.17) is 23.2 Å². The van der Waals surface area contributed by atoms with Gasteiger partial charge in [0.15, 0.2) is 5.82 Å². The Morgan fingerprint density at radius 1 is 1.53 bits per heavy atom. The largest absolute Gasteiger partial charge is 0.354 e. The number of nitrogens with zero attached hydrogens (tertiary/aromatic N) is 3. The molecule has 2 unspecified atom stereocenters. The first-order chi connectivity index (χ1) is 7.18. The van der Waals surface area contributed by atoms with Gasteiger partial charge < -0.3 is 4.90 Å². The van der Waals surface area contributed by atoms with E-state index in [-0.39, 0.29) is 5.38 Å². The van der Waals surface area contributed by atoms with E-state index < -0.39 is 0 Å². The van der Waals surface area contributed by atoms with Crippen LogP contribution in [0.2, 0.25) is 5.02 Å². The summed E-state index contributed by atoms with van der Waals surface area (Å²) in [7, 11) is 0. The van der Waals surface area contributed by atoms with Crippen molar-refractivity contribution in [2.45, 2.75) is 18.7 Å². The van der Waals surface area contributed by atoms with E-state index in [0.29, 0.717) is 10.9 Å². The average molecular weight is 246 g/mol. The molecule has 0 N–H and O–H groups in total. The Labute approximate surface area is 99.4 Å². The molecule has 1 fully saturated rings. The second-order valence-electron chi connectivity index (χ2n) is 3.92. The van der Waals surface area contributed by atoms with Gasteiger partial charge >= 0.3 is 0 Å². The zero-order valence-electron chi connectivity index (χ0n) is 8.53. The van der Waals surface area contributed by atoms with Crippen LogP contribution >= 0.6 is 23.2 Å². The molecule has 3 nitrogen and oxygen atoms in total. The van der Waals surface area contributed by atoms with Gasteiger partial charge in [-0.05, 0) is 12.3 Å². The minimum Gasteiger partial charge on any atom is -0.354 e. The molecular weight excluding hydrogens is 233 g/mol. The molecular formula is C10H13Cl2N3. The molecule has 0 radical (unpaired) electrons. The molecule has 1 saturated heterocycles. The SMILES string of the molecule is CC1CCN(c2ncncc2Cl)CC1Cl. The van der Waals surface area contributed by atoms with Crippen LogP contribution in [0.1, 0.15) is 13.3 Å². The second kappa shape index (κ2) is 4.54. The summed E-state index contributed by atoms with van der Waals surface area (Å²) in [5.74, 6) is 1.35. The van der Waals surface area contributed by atoms with E-state index in [1.165, 1.54) is 6.33 Å². The smallest absolute Gasteiger partial charge is 0.150 e. The summed E-state index contributed by atoms with van der Waals surface area (Å²) in [5, 5.41) is 0.765. The zero-order valence-corrected chi connectivity index (χ0v) is 10.0. The van der Waals surface area contributed by atoms with Gasteiger partial charge in [-0.25, -0.2) is 9.97 Å². The fraction of sp³-hybridized carbons (Fsp3) is 0.600. The van der Waals surface area contributed by atoms with Gasteiger partial charge in [-0.15, -0.1) is 11.6 Å². The van der Waals surface area contributed by atoms with Gasteiger partial charge in [0.2, 0.25) is 0 Å². The maximum atomic E-state index is 6.24. The lowest BCUT2D eigenvalue weighted by Gasteiger charge is -2.34. The molecule has 5 heteroatoms. The predicted octanol–water partition coefficient (Wildman–Crippen LogP) is 2.58. The maximum Gasteiger partial charge on any atom is 0.150 e. The maximum absolute atomic E-state index is 6.24. The number of hydrogen-bond donors (Lipinski definition) is 0. The van der Waals surface area contributed by atoms with Gasteiger partial charge in [0.1, 0.15) is 11.3 Å². The van der Waals surface area contributed by atoms with Crippen LogP contribution in [0.3, 0.4) is 0 Å². The summed E-state index contributed by atoms with van der Waals surface area (Å²) in [4.78, 5) is 10.2. The first-order valence-corrected chi connectivity index (χ1v) is 5.84. The Hall–Kier alpha value is -0.540. The minimum absolute atomic E-state index is 0.171. The highest BCUT2D eigenvalue weighted by molar-refractivity contribution is 6.32. The van der Waals surface area contributed by atoms with Crippen LogP contribution < -0.4 is 4.90 Å². The van der Waals surface area contributed by atoms with Crippen molar-refractivity contribution in [1.29, 1.82) is 0 Å². The van der Waals surface area contributed by atoms with Crippen molar-refractivity contribution in [3.63, 3.8) is 0 Å². The molecule has 1 aliphatic heterocycles. The number of aromatic nitrogens is 2.